The summed E-state index contributed by atoms with van der Waals surface area (Å²) in [6, 6.07) is 24.5. The molecule has 5 rings (SSSR count). The molecule has 0 N–H and O–H groups in total. The summed E-state index contributed by atoms with van der Waals surface area (Å²) in [7, 11) is 0. The molecule has 1 atom stereocenters. The number of hydrogen-bond donors (Lipinski definition) is 0. The number of fused-ring (bicyclic) bond motifs is 1. The maximum Gasteiger partial charge on any atom is 0.327 e. The number of carbonyl (C=O) groups is 2. The SMILES string of the molecule is O=C1[C@H](Cc2cccc3ccccc23)N(CCCCc2ccccc2)C(=O)N1CCN1CCCC1. The van der Waals surface area contributed by atoms with Crippen LogP contribution in [-0.2, 0) is 17.6 Å². The van der Waals surface area contributed by atoms with Gasteiger partial charge in [-0.3, -0.25) is 9.69 Å². The molecule has 35 heavy (non-hydrogen) atoms. The first-order chi connectivity index (χ1) is 17.2. The minimum absolute atomic E-state index is 0.0369. The predicted octanol–water partition coefficient (Wildman–Crippen LogP) is 5.13. The van der Waals surface area contributed by atoms with E-state index in [4.69, 9.17) is 0 Å². The number of rotatable bonds is 10. The van der Waals surface area contributed by atoms with Crippen molar-refractivity contribution in [1.82, 2.24) is 14.7 Å². The van der Waals surface area contributed by atoms with Crippen molar-refractivity contribution in [2.45, 2.75) is 44.6 Å². The predicted molar refractivity (Wildman–Crippen MR) is 140 cm³/mol. The number of benzene rings is 3. The molecule has 0 spiro atoms. The lowest BCUT2D eigenvalue weighted by molar-refractivity contribution is -0.128. The zero-order valence-electron chi connectivity index (χ0n) is 20.4. The molecule has 3 aromatic carbocycles. The van der Waals surface area contributed by atoms with E-state index in [1.807, 2.05) is 29.2 Å². The van der Waals surface area contributed by atoms with Crippen LogP contribution in [0.3, 0.4) is 0 Å². The van der Waals surface area contributed by atoms with E-state index in [0.717, 1.165) is 49.8 Å². The summed E-state index contributed by atoms with van der Waals surface area (Å²) < 4.78 is 0. The van der Waals surface area contributed by atoms with Crippen LogP contribution >= 0.6 is 0 Å². The molecule has 3 aromatic rings. The highest BCUT2D eigenvalue weighted by atomic mass is 16.2. The second-order valence-corrected chi connectivity index (χ2v) is 9.82. The van der Waals surface area contributed by atoms with Crippen LogP contribution in [0.15, 0.2) is 72.8 Å². The minimum atomic E-state index is -0.427. The van der Waals surface area contributed by atoms with Gasteiger partial charge >= 0.3 is 6.03 Å². The normalized spacial score (nSPS) is 18.8. The van der Waals surface area contributed by atoms with Gasteiger partial charge in [0.2, 0.25) is 0 Å². The Morgan fingerprint density at radius 2 is 1.49 bits per heavy atom. The van der Waals surface area contributed by atoms with Crippen LogP contribution in [-0.4, -0.2) is 65.4 Å². The number of unbranched alkanes of at least 4 members (excludes halogenated alkanes) is 1. The lowest BCUT2D eigenvalue weighted by atomic mass is 9.98. The zero-order valence-corrected chi connectivity index (χ0v) is 20.4. The summed E-state index contributed by atoms with van der Waals surface area (Å²) in [6.45, 7) is 4.02. The minimum Gasteiger partial charge on any atom is -0.312 e. The van der Waals surface area contributed by atoms with E-state index in [0.29, 0.717) is 19.5 Å². The lowest BCUT2D eigenvalue weighted by Gasteiger charge is -2.22. The van der Waals surface area contributed by atoms with Crippen molar-refractivity contribution >= 4 is 22.7 Å². The fraction of sp³-hybridized carbons (Fsp3) is 0.400. The molecule has 0 unspecified atom stereocenters. The van der Waals surface area contributed by atoms with E-state index in [9.17, 15) is 9.59 Å². The molecule has 5 nitrogen and oxygen atoms in total. The van der Waals surface area contributed by atoms with Gasteiger partial charge in [-0.05, 0) is 67.1 Å². The van der Waals surface area contributed by atoms with Crippen LogP contribution < -0.4 is 0 Å². The van der Waals surface area contributed by atoms with Crippen molar-refractivity contribution in [3.63, 3.8) is 0 Å². The Labute approximate surface area is 208 Å². The molecule has 0 saturated carbocycles. The fourth-order valence-corrected chi connectivity index (χ4v) is 5.53. The van der Waals surface area contributed by atoms with E-state index >= 15 is 0 Å². The first kappa shape index (κ1) is 23.6. The summed E-state index contributed by atoms with van der Waals surface area (Å²) in [5.41, 5.74) is 2.45. The Kier molecular flexibility index (Phi) is 7.43. The highest BCUT2D eigenvalue weighted by molar-refractivity contribution is 6.04. The van der Waals surface area contributed by atoms with Crippen LogP contribution in [0.25, 0.3) is 10.8 Å². The average Bonchev–Trinajstić information content (AvgIpc) is 3.49. The third kappa shape index (κ3) is 5.40. The molecular weight excluding hydrogens is 434 g/mol. The van der Waals surface area contributed by atoms with Crippen molar-refractivity contribution in [1.29, 1.82) is 0 Å². The average molecular weight is 470 g/mol. The number of amides is 3. The van der Waals surface area contributed by atoms with Gasteiger partial charge in [0, 0.05) is 26.1 Å². The van der Waals surface area contributed by atoms with Gasteiger partial charge in [0.05, 0.1) is 0 Å². The summed E-state index contributed by atoms with van der Waals surface area (Å²) in [5, 5.41) is 2.33. The van der Waals surface area contributed by atoms with Crippen LogP contribution in [0.5, 0.6) is 0 Å². The van der Waals surface area contributed by atoms with Crippen molar-refractivity contribution in [3.8, 4) is 0 Å². The first-order valence-corrected chi connectivity index (χ1v) is 13.1. The van der Waals surface area contributed by atoms with Crippen LogP contribution in [0.4, 0.5) is 4.79 Å². The third-order valence-corrected chi connectivity index (χ3v) is 7.49. The standard InChI is InChI=1S/C30H35N3O2/c34-29-28(23-26-16-10-15-25-14-4-5-17-27(25)26)32(20-7-6-13-24-11-2-1-3-12-24)30(35)33(29)22-21-31-18-8-9-19-31/h1-5,10-12,14-17,28H,6-9,13,18-23H2/t28-/m0/s1. The molecule has 3 amide bonds. The maximum atomic E-state index is 13.6. The van der Waals surface area contributed by atoms with Crippen molar-refractivity contribution < 1.29 is 9.59 Å². The number of hydrogen-bond acceptors (Lipinski definition) is 3. The van der Waals surface area contributed by atoms with E-state index in [1.165, 1.54) is 28.7 Å². The lowest BCUT2D eigenvalue weighted by Crippen LogP contribution is -2.39. The Morgan fingerprint density at radius 3 is 2.31 bits per heavy atom. The summed E-state index contributed by atoms with van der Waals surface area (Å²) >= 11 is 0. The molecule has 0 radical (unpaired) electrons. The fourth-order valence-electron chi connectivity index (χ4n) is 5.53. The van der Waals surface area contributed by atoms with Crippen molar-refractivity contribution in [3.05, 3.63) is 83.9 Å². The number of carbonyl (C=O) groups excluding carboxylic acids is 2. The molecule has 0 aliphatic carbocycles. The number of likely N-dealkylation sites (tertiary alicyclic amines) is 1. The van der Waals surface area contributed by atoms with E-state index in [2.05, 4.69) is 53.4 Å². The topological polar surface area (TPSA) is 43.9 Å². The molecule has 2 aliphatic rings. The van der Waals surface area contributed by atoms with Crippen LogP contribution in [0.2, 0.25) is 0 Å². The number of aryl methyl sites for hydroxylation is 1. The Balaban J connectivity index is 1.30. The Bertz CT molecular complexity index is 1150. The molecule has 2 saturated heterocycles. The van der Waals surface area contributed by atoms with E-state index in [1.54, 1.807) is 0 Å². The second kappa shape index (κ2) is 11.0. The molecule has 0 aromatic heterocycles. The van der Waals surface area contributed by atoms with Gasteiger partial charge in [-0.1, -0.05) is 72.8 Å². The molecule has 182 valence electrons. The van der Waals surface area contributed by atoms with Gasteiger partial charge in [0.15, 0.2) is 0 Å². The van der Waals surface area contributed by atoms with Gasteiger partial charge in [-0.25, -0.2) is 4.79 Å². The smallest absolute Gasteiger partial charge is 0.312 e. The van der Waals surface area contributed by atoms with Crippen molar-refractivity contribution in [2.75, 3.05) is 32.7 Å². The monoisotopic (exact) mass is 469 g/mol. The number of nitrogens with zero attached hydrogens (tertiary/aromatic N) is 3. The molecule has 0 bridgehead atoms. The molecule has 2 heterocycles. The van der Waals surface area contributed by atoms with Gasteiger partial charge in [-0.2, -0.15) is 0 Å². The Hall–Kier alpha value is -3.18. The molecular formula is C30H35N3O2. The van der Waals surface area contributed by atoms with Crippen LogP contribution in [0.1, 0.15) is 36.8 Å². The quantitative estimate of drug-likeness (QED) is 0.305. The maximum absolute atomic E-state index is 13.6. The highest BCUT2D eigenvalue weighted by Crippen LogP contribution is 2.26. The first-order valence-electron chi connectivity index (χ1n) is 13.1. The van der Waals surface area contributed by atoms with Gasteiger partial charge in [0.25, 0.3) is 5.91 Å². The molecule has 2 aliphatic heterocycles. The molecule has 5 heteroatoms. The summed E-state index contributed by atoms with van der Waals surface area (Å²) in [6.07, 6.45) is 5.85. The van der Waals surface area contributed by atoms with Gasteiger partial charge < -0.3 is 9.80 Å². The Morgan fingerprint density at radius 1 is 0.743 bits per heavy atom. The third-order valence-electron chi connectivity index (χ3n) is 7.49. The zero-order chi connectivity index (χ0) is 24.0. The van der Waals surface area contributed by atoms with E-state index < -0.39 is 6.04 Å². The van der Waals surface area contributed by atoms with Gasteiger partial charge in [0.1, 0.15) is 6.04 Å². The summed E-state index contributed by atoms with van der Waals surface area (Å²) in [4.78, 5) is 32.8. The van der Waals surface area contributed by atoms with E-state index in [-0.39, 0.29) is 11.9 Å². The second-order valence-electron chi connectivity index (χ2n) is 9.82. The molecule has 2 fully saturated rings. The highest BCUT2D eigenvalue weighted by Gasteiger charge is 2.44. The van der Waals surface area contributed by atoms with Crippen LogP contribution in [0, 0.1) is 0 Å². The number of imide groups is 1. The summed E-state index contributed by atoms with van der Waals surface area (Å²) in [5.74, 6) is -0.0369. The van der Waals surface area contributed by atoms with Crippen molar-refractivity contribution in [2.24, 2.45) is 0 Å². The largest absolute Gasteiger partial charge is 0.327 e. The van der Waals surface area contributed by atoms with Gasteiger partial charge in [-0.15, -0.1) is 0 Å². The number of urea groups is 1.